The molecule has 2 aromatic carbocycles. The van der Waals surface area contributed by atoms with E-state index >= 15 is 0 Å². The monoisotopic (exact) mass is 336 g/mol. The van der Waals surface area contributed by atoms with Gasteiger partial charge in [-0.1, -0.05) is 23.2 Å². The van der Waals surface area contributed by atoms with Gasteiger partial charge in [0.15, 0.2) is 5.78 Å². The van der Waals surface area contributed by atoms with Crippen LogP contribution in [0.3, 0.4) is 0 Å². The molecule has 0 aliphatic heterocycles. The molecule has 114 valence electrons. The first-order valence-electron chi connectivity index (χ1n) is 6.57. The Balaban J connectivity index is 1.96. The van der Waals surface area contributed by atoms with E-state index in [1.165, 1.54) is 6.92 Å². The van der Waals surface area contributed by atoms with Crippen molar-refractivity contribution >= 4 is 29.0 Å². The molecule has 3 nitrogen and oxygen atoms in total. The molecule has 0 aromatic heterocycles. The molecule has 0 radical (unpaired) electrons. The second-order valence-electron chi connectivity index (χ2n) is 4.46. The molecule has 5 heteroatoms. The molecule has 0 unspecified atom stereocenters. The lowest BCUT2D eigenvalue weighted by Gasteiger charge is -2.08. The van der Waals surface area contributed by atoms with Gasteiger partial charge >= 0.3 is 0 Å². The zero-order valence-electron chi connectivity index (χ0n) is 11.9. The number of halogens is 2. The Morgan fingerprint density at radius 3 is 1.95 bits per heavy atom. The third kappa shape index (κ3) is 5.10. The molecule has 2 aromatic rings. The number of hydrogen-bond donors (Lipinski definition) is 0. The summed E-state index contributed by atoms with van der Waals surface area (Å²) in [5.74, 6) is 2.05. The third-order valence-corrected chi connectivity index (χ3v) is 3.12. The highest BCUT2D eigenvalue weighted by Gasteiger charge is 2.01. The summed E-state index contributed by atoms with van der Waals surface area (Å²) in [6.45, 7) is 1.83. The van der Waals surface area contributed by atoms with Crippen LogP contribution >= 0.6 is 23.2 Å². The van der Waals surface area contributed by atoms with Crippen molar-refractivity contribution in [2.24, 2.45) is 0 Å². The van der Waals surface area contributed by atoms with Gasteiger partial charge in [-0.3, -0.25) is 4.79 Å². The molecule has 0 aliphatic rings. The highest BCUT2D eigenvalue weighted by Crippen LogP contribution is 2.24. The molecule has 0 spiro atoms. The van der Waals surface area contributed by atoms with Crippen LogP contribution in [-0.2, 0) is 0 Å². The Kier molecular flexibility index (Phi) is 5.87. The highest BCUT2D eigenvalue weighted by atomic mass is 35.5. The van der Waals surface area contributed by atoms with Crippen LogP contribution in [0.1, 0.15) is 17.3 Å². The van der Waals surface area contributed by atoms with Gasteiger partial charge in [0.25, 0.3) is 0 Å². The summed E-state index contributed by atoms with van der Waals surface area (Å²) in [6, 6.07) is 14.1. The van der Waals surface area contributed by atoms with E-state index in [1.807, 2.05) is 0 Å². The molecule has 0 fully saturated rings. The normalized spacial score (nSPS) is 9.95. The van der Waals surface area contributed by atoms with Crippen LogP contribution in [0.25, 0.3) is 0 Å². The highest BCUT2D eigenvalue weighted by molar-refractivity contribution is 6.55. The molecule has 0 saturated heterocycles. The molecule has 22 heavy (non-hydrogen) atoms. The van der Waals surface area contributed by atoms with E-state index in [-0.39, 0.29) is 10.3 Å². The molecule has 0 atom stereocenters. The summed E-state index contributed by atoms with van der Waals surface area (Å²) in [5.41, 5.74) is 0.655. The average molecular weight is 337 g/mol. The van der Waals surface area contributed by atoms with E-state index in [2.05, 4.69) is 0 Å². The Hall–Kier alpha value is -1.97. The zero-order valence-corrected chi connectivity index (χ0v) is 13.4. The number of benzene rings is 2. The lowest BCUT2D eigenvalue weighted by atomic mass is 10.1. The number of carbonyl (C=O) groups excluding carboxylic acids is 1. The predicted molar refractivity (Wildman–Crippen MR) is 88.2 cm³/mol. The third-order valence-electron chi connectivity index (χ3n) is 2.81. The van der Waals surface area contributed by atoms with E-state index < -0.39 is 0 Å². The van der Waals surface area contributed by atoms with E-state index in [4.69, 9.17) is 32.7 Å². The van der Waals surface area contributed by atoms with Gasteiger partial charge in [0.1, 0.15) is 28.3 Å². The summed E-state index contributed by atoms with van der Waals surface area (Å²) in [4.78, 5) is 11.2. The molecule has 0 aliphatic carbocycles. The van der Waals surface area contributed by atoms with Gasteiger partial charge in [0.05, 0.1) is 0 Å². The molecule has 0 saturated carbocycles. The van der Waals surface area contributed by atoms with Crippen LogP contribution in [0, 0.1) is 0 Å². The van der Waals surface area contributed by atoms with E-state index in [9.17, 15) is 4.79 Å². The summed E-state index contributed by atoms with van der Waals surface area (Å²) in [6.07, 6.45) is 1.56. The number of ether oxygens (including phenoxy) is 2. The van der Waals surface area contributed by atoms with Gasteiger partial charge < -0.3 is 9.47 Å². The number of ketones is 1. The molecule has 2 rings (SSSR count). The molecule has 0 amide bonds. The van der Waals surface area contributed by atoms with Crippen molar-refractivity contribution in [3.8, 4) is 17.2 Å². The largest absolute Gasteiger partial charge is 0.489 e. The van der Waals surface area contributed by atoms with E-state index in [0.717, 1.165) is 0 Å². The van der Waals surface area contributed by atoms with Crippen molar-refractivity contribution in [3.05, 3.63) is 64.7 Å². The van der Waals surface area contributed by atoms with Gasteiger partial charge in [-0.15, -0.1) is 0 Å². The van der Waals surface area contributed by atoms with Crippen LogP contribution < -0.4 is 9.47 Å². The lowest BCUT2D eigenvalue weighted by Crippen LogP contribution is -1.93. The van der Waals surface area contributed by atoms with E-state index in [0.29, 0.717) is 29.4 Å². The fourth-order valence-corrected chi connectivity index (χ4v) is 1.82. The van der Waals surface area contributed by atoms with Gasteiger partial charge in [-0.2, -0.15) is 0 Å². The second-order valence-corrected chi connectivity index (χ2v) is 5.47. The van der Waals surface area contributed by atoms with Crippen LogP contribution in [-0.4, -0.2) is 12.4 Å². The number of hydrogen-bond acceptors (Lipinski definition) is 3. The fourth-order valence-electron chi connectivity index (χ4n) is 1.70. The minimum Gasteiger partial charge on any atom is -0.489 e. The maximum atomic E-state index is 11.2. The summed E-state index contributed by atoms with van der Waals surface area (Å²) >= 11 is 11.0. The number of carbonyl (C=O) groups is 1. The van der Waals surface area contributed by atoms with E-state index in [1.54, 1.807) is 54.6 Å². The van der Waals surface area contributed by atoms with Gasteiger partial charge in [0, 0.05) is 5.56 Å². The van der Waals surface area contributed by atoms with Crippen LogP contribution in [0.15, 0.2) is 59.1 Å². The first-order valence-corrected chi connectivity index (χ1v) is 7.33. The summed E-state index contributed by atoms with van der Waals surface area (Å²) in [7, 11) is 0. The summed E-state index contributed by atoms with van der Waals surface area (Å²) in [5, 5.41) is 0. The Morgan fingerprint density at radius 2 is 1.45 bits per heavy atom. The average Bonchev–Trinajstić information content (AvgIpc) is 2.49. The van der Waals surface area contributed by atoms with Gasteiger partial charge in [0.2, 0.25) is 0 Å². The van der Waals surface area contributed by atoms with Crippen molar-refractivity contribution in [2.75, 3.05) is 6.61 Å². The first kappa shape index (κ1) is 16.4. The zero-order chi connectivity index (χ0) is 15.9. The summed E-state index contributed by atoms with van der Waals surface area (Å²) < 4.78 is 11.3. The maximum Gasteiger partial charge on any atom is 0.159 e. The molecule has 0 N–H and O–H groups in total. The Bertz CT molecular complexity index is 657. The van der Waals surface area contributed by atoms with Crippen molar-refractivity contribution in [1.82, 2.24) is 0 Å². The van der Waals surface area contributed by atoms with Crippen molar-refractivity contribution in [2.45, 2.75) is 6.92 Å². The Labute approximate surface area is 139 Å². The van der Waals surface area contributed by atoms with Crippen molar-refractivity contribution < 1.29 is 14.3 Å². The predicted octanol–water partition coefficient (Wildman–Crippen LogP) is 5.38. The lowest BCUT2D eigenvalue weighted by molar-refractivity contribution is 0.101. The van der Waals surface area contributed by atoms with Crippen LogP contribution in [0.2, 0.25) is 0 Å². The number of Topliss-reactive ketones (excluding diaryl/α,β-unsaturated/α-hetero) is 1. The fraction of sp³-hybridized carbons (Fsp3) is 0.118. The van der Waals surface area contributed by atoms with Crippen LogP contribution in [0.5, 0.6) is 17.2 Å². The second kappa shape index (κ2) is 7.87. The standard InChI is InChI=1S/C17H14Cl2O3/c1-12(20)13-2-4-15(5-3-13)22-16-8-6-14(7-9-16)21-11-10-17(18)19/h2-10H,11H2,1H3. The molecule has 0 bridgehead atoms. The van der Waals surface area contributed by atoms with Gasteiger partial charge in [-0.05, 0) is 61.5 Å². The van der Waals surface area contributed by atoms with Gasteiger partial charge in [-0.25, -0.2) is 0 Å². The van der Waals surface area contributed by atoms with Crippen molar-refractivity contribution in [3.63, 3.8) is 0 Å². The van der Waals surface area contributed by atoms with Crippen molar-refractivity contribution in [1.29, 1.82) is 0 Å². The molecular weight excluding hydrogens is 323 g/mol. The first-order chi connectivity index (χ1) is 10.5. The quantitative estimate of drug-likeness (QED) is 0.664. The topological polar surface area (TPSA) is 35.5 Å². The minimum atomic E-state index is 0.0270. The molecular formula is C17H14Cl2O3. The Morgan fingerprint density at radius 1 is 0.955 bits per heavy atom. The number of rotatable bonds is 6. The van der Waals surface area contributed by atoms with Crippen LogP contribution in [0.4, 0.5) is 0 Å². The smallest absolute Gasteiger partial charge is 0.159 e. The minimum absolute atomic E-state index is 0.0270. The maximum absolute atomic E-state index is 11.2. The SMILES string of the molecule is CC(=O)c1ccc(Oc2ccc(OCC=C(Cl)Cl)cc2)cc1. The molecule has 0 heterocycles.